The van der Waals surface area contributed by atoms with Gasteiger partial charge in [-0.3, -0.25) is 4.79 Å². The van der Waals surface area contributed by atoms with Gasteiger partial charge in [0.1, 0.15) is 0 Å². The average Bonchev–Trinajstić information content (AvgIpc) is 2.22. The highest BCUT2D eigenvalue weighted by molar-refractivity contribution is 5.74. The summed E-state index contributed by atoms with van der Waals surface area (Å²) in [5, 5.41) is 11.0. The van der Waals surface area contributed by atoms with Gasteiger partial charge in [0.2, 0.25) is 0 Å². The van der Waals surface area contributed by atoms with Crippen LogP contribution in [-0.2, 0) is 4.79 Å². The number of aliphatic carboxylic acids is 1. The van der Waals surface area contributed by atoms with Gasteiger partial charge in [-0.2, -0.15) is 0 Å². The molecule has 5 nitrogen and oxygen atoms in total. The van der Waals surface area contributed by atoms with Crippen molar-refractivity contribution < 1.29 is 23.5 Å². The molecule has 0 aromatic rings. The van der Waals surface area contributed by atoms with Crippen LogP contribution in [0, 0.1) is 5.92 Å². The van der Waals surface area contributed by atoms with Crippen molar-refractivity contribution in [3.8, 4) is 0 Å². The Labute approximate surface area is 98.8 Å². The summed E-state index contributed by atoms with van der Waals surface area (Å²) >= 11 is 0. The Balaban J connectivity index is 3.99. The van der Waals surface area contributed by atoms with Gasteiger partial charge in [0.15, 0.2) is 0 Å². The van der Waals surface area contributed by atoms with E-state index < -0.39 is 25.0 Å². The fraction of sp³-hybridized carbons (Fsp3) is 0.800. The highest BCUT2D eigenvalue weighted by atomic mass is 19.3. The summed E-state index contributed by atoms with van der Waals surface area (Å²) in [4.78, 5) is 22.7. The zero-order valence-electron chi connectivity index (χ0n) is 9.95. The first-order chi connectivity index (χ1) is 7.86. The van der Waals surface area contributed by atoms with Crippen LogP contribution in [0.1, 0.15) is 19.8 Å². The van der Waals surface area contributed by atoms with Gasteiger partial charge in [0.05, 0.1) is 6.54 Å². The summed E-state index contributed by atoms with van der Waals surface area (Å²) in [6, 6.07) is -0.617. The lowest BCUT2D eigenvalue weighted by Gasteiger charge is -2.19. The van der Waals surface area contributed by atoms with Gasteiger partial charge in [-0.25, -0.2) is 13.6 Å². The van der Waals surface area contributed by atoms with Crippen molar-refractivity contribution in [1.29, 1.82) is 0 Å². The molecule has 0 aliphatic carbocycles. The third-order valence-corrected chi connectivity index (χ3v) is 2.34. The van der Waals surface area contributed by atoms with Crippen LogP contribution in [0.2, 0.25) is 0 Å². The van der Waals surface area contributed by atoms with E-state index in [4.69, 9.17) is 5.11 Å². The van der Waals surface area contributed by atoms with Crippen LogP contribution in [0.3, 0.4) is 0 Å². The molecule has 0 aliphatic rings. The minimum Gasteiger partial charge on any atom is -0.481 e. The van der Waals surface area contributed by atoms with Gasteiger partial charge in [0, 0.05) is 20.0 Å². The van der Waals surface area contributed by atoms with Crippen LogP contribution >= 0.6 is 0 Å². The molecule has 0 aliphatic heterocycles. The first-order valence-electron chi connectivity index (χ1n) is 5.35. The van der Waals surface area contributed by atoms with E-state index in [1.165, 1.54) is 7.05 Å². The Morgan fingerprint density at radius 1 is 1.41 bits per heavy atom. The number of halogens is 2. The number of hydrogen-bond acceptors (Lipinski definition) is 2. The van der Waals surface area contributed by atoms with E-state index in [0.29, 0.717) is 6.42 Å². The normalized spacial score (nSPS) is 12.3. The maximum Gasteiger partial charge on any atom is 0.317 e. The van der Waals surface area contributed by atoms with E-state index in [1.807, 2.05) is 6.92 Å². The van der Waals surface area contributed by atoms with Crippen LogP contribution in [0.5, 0.6) is 0 Å². The number of nitrogens with zero attached hydrogens (tertiary/aromatic N) is 1. The average molecular weight is 252 g/mol. The van der Waals surface area contributed by atoms with Crippen LogP contribution in [0.4, 0.5) is 13.6 Å². The molecule has 0 radical (unpaired) electrons. The molecule has 0 heterocycles. The first-order valence-corrected chi connectivity index (χ1v) is 5.35. The number of hydrogen-bond donors (Lipinski definition) is 2. The number of carbonyl (C=O) groups excluding carboxylic acids is 1. The molecule has 0 saturated carbocycles. The number of alkyl halides is 2. The minimum absolute atomic E-state index is 0.0463. The maximum absolute atomic E-state index is 12.0. The SMILES string of the molecule is CCC(CNC(=O)N(C)CC(F)F)CC(=O)O. The number of nitrogens with one attached hydrogen (secondary N) is 1. The maximum atomic E-state index is 12.0. The summed E-state index contributed by atoms with van der Waals surface area (Å²) in [6.07, 6.45) is -2.02. The Hall–Kier alpha value is -1.40. The van der Waals surface area contributed by atoms with Gasteiger partial charge < -0.3 is 15.3 Å². The summed E-state index contributed by atoms with van der Waals surface area (Å²) in [6.45, 7) is 1.35. The number of carboxylic acid groups (broad SMARTS) is 1. The zero-order chi connectivity index (χ0) is 13.4. The van der Waals surface area contributed by atoms with Gasteiger partial charge in [-0.1, -0.05) is 13.3 Å². The Kier molecular flexibility index (Phi) is 7.16. The molecule has 0 aromatic heterocycles. The van der Waals surface area contributed by atoms with Crippen LogP contribution in [0.25, 0.3) is 0 Å². The Bertz CT molecular complexity index is 262. The molecular formula is C10H18F2N2O3. The van der Waals surface area contributed by atoms with Gasteiger partial charge >= 0.3 is 12.0 Å². The molecular weight excluding hydrogens is 234 g/mol. The highest BCUT2D eigenvalue weighted by Crippen LogP contribution is 2.06. The Morgan fingerprint density at radius 2 is 2.00 bits per heavy atom. The smallest absolute Gasteiger partial charge is 0.317 e. The second-order valence-electron chi connectivity index (χ2n) is 3.83. The molecule has 0 rings (SSSR count). The molecule has 0 saturated heterocycles. The van der Waals surface area contributed by atoms with Crippen molar-refractivity contribution in [3.05, 3.63) is 0 Å². The van der Waals surface area contributed by atoms with Crippen molar-refractivity contribution in [2.45, 2.75) is 26.2 Å². The first kappa shape index (κ1) is 15.6. The molecule has 0 aromatic carbocycles. The molecule has 7 heteroatoms. The quantitative estimate of drug-likeness (QED) is 0.719. The van der Waals surface area contributed by atoms with E-state index in [9.17, 15) is 18.4 Å². The van der Waals surface area contributed by atoms with Crippen LogP contribution in [-0.4, -0.2) is 48.6 Å². The third-order valence-electron chi connectivity index (χ3n) is 2.34. The molecule has 0 fully saturated rings. The second-order valence-corrected chi connectivity index (χ2v) is 3.83. The van der Waals surface area contributed by atoms with Gasteiger partial charge in [0.25, 0.3) is 6.43 Å². The van der Waals surface area contributed by atoms with E-state index in [-0.39, 0.29) is 18.9 Å². The predicted molar refractivity (Wildman–Crippen MR) is 58.1 cm³/mol. The second kappa shape index (κ2) is 7.81. The monoisotopic (exact) mass is 252 g/mol. The number of carbonyl (C=O) groups is 2. The number of carboxylic acids is 1. The van der Waals surface area contributed by atoms with E-state index in [1.54, 1.807) is 0 Å². The van der Waals surface area contributed by atoms with Gasteiger partial charge in [-0.15, -0.1) is 0 Å². The van der Waals surface area contributed by atoms with E-state index in [0.717, 1.165) is 4.90 Å². The van der Waals surface area contributed by atoms with Crippen LogP contribution in [0.15, 0.2) is 0 Å². The Morgan fingerprint density at radius 3 is 2.41 bits per heavy atom. The number of rotatable bonds is 7. The largest absolute Gasteiger partial charge is 0.481 e. The summed E-state index contributed by atoms with van der Waals surface area (Å²) in [5.41, 5.74) is 0. The summed E-state index contributed by atoms with van der Waals surface area (Å²) in [5.74, 6) is -1.12. The molecule has 1 unspecified atom stereocenters. The molecule has 2 amide bonds. The number of urea groups is 1. The van der Waals surface area contributed by atoms with Crippen molar-refractivity contribution in [3.63, 3.8) is 0 Å². The molecule has 1 atom stereocenters. The lowest BCUT2D eigenvalue weighted by molar-refractivity contribution is -0.138. The summed E-state index contributed by atoms with van der Waals surface area (Å²) in [7, 11) is 1.26. The van der Waals surface area contributed by atoms with Gasteiger partial charge in [-0.05, 0) is 5.92 Å². The number of amides is 2. The van der Waals surface area contributed by atoms with E-state index in [2.05, 4.69) is 5.32 Å². The topological polar surface area (TPSA) is 69.6 Å². The third kappa shape index (κ3) is 7.48. The zero-order valence-corrected chi connectivity index (χ0v) is 9.95. The molecule has 17 heavy (non-hydrogen) atoms. The van der Waals surface area contributed by atoms with Crippen molar-refractivity contribution >= 4 is 12.0 Å². The van der Waals surface area contributed by atoms with Crippen molar-refractivity contribution in [2.75, 3.05) is 20.1 Å². The van der Waals surface area contributed by atoms with E-state index >= 15 is 0 Å². The van der Waals surface area contributed by atoms with Crippen LogP contribution < -0.4 is 5.32 Å². The molecule has 0 spiro atoms. The fourth-order valence-electron chi connectivity index (χ4n) is 1.26. The lowest BCUT2D eigenvalue weighted by atomic mass is 10.0. The minimum atomic E-state index is -2.58. The molecule has 0 bridgehead atoms. The molecule has 100 valence electrons. The fourth-order valence-corrected chi connectivity index (χ4v) is 1.26. The predicted octanol–water partition coefficient (Wildman–Crippen LogP) is 1.39. The molecule has 2 N–H and O–H groups in total. The highest BCUT2D eigenvalue weighted by Gasteiger charge is 2.16. The van der Waals surface area contributed by atoms with Crippen molar-refractivity contribution in [1.82, 2.24) is 10.2 Å². The standard InChI is InChI=1S/C10H18F2N2O3/c1-3-7(4-9(15)16)5-13-10(17)14(2)6-8(11)12/h7-8H,3-6H2,1-2H3,(H,13,17)(H,15,16). The van der Waals surface area contributed by atoms with Crippen molar-refractivity contribution in [2.24, 2.45) is 5.92 Å². The lowest BCUT2D eigenvalue weighted by Crippen LogP contribution is -2.41. The summed E-state index contributed by atoms with van der Waals surface area (Å²) < 4.78 is 24.0.